The summed E-state index contributed by atoms with van der Waals surface area (Å²) in [4.78, 5) is 16.5. The lowest BCUT2D eigenvalue weighted by Gasteiger charge is -1.99. The monoisotopic (exact) mass is 295 g/mol. The summed E-state index contributed by atoms with van der Waals surface area (Å²) in [5.74, 6) is 0.790. The molecule has 0 saturated heterocycles. The van der Waals surface area contributed by atoms with Gasteiger partial charge in [0.1, 0.15) is 16.5 Å². The molecule has 0 bridgehead atoms. The van der Waals surface area contributed by atoms with E-state index >= 15 is 0 Å². The number of thioether (sulfide) groups is 1. The van der Waals surface area contributed by atoms with Crippen LogP contribution >= 0.6 is 11.8 Å². The molecule has 0 amide bonds. The summed E-state index contributed by atoms with van der Waals surface area (Å²) in [5.41, 5.74) is 2.37. The minimum Gasteiger partial charge on any atom is -0.497 e. The highest BCUT2D eigenvalue weighted by Gasteiger charge is 2.22. The van der Waals surface area contributed by atoms with Gasteiger partial charge in [-0.1, -0.05) is 42.5 Å². The Morgan fingerprint density at radius 1 is 1.05 bits per heavy atom. The minimum absolute atomic E-state index is 0.0235. The van der Waals surface area contributed by atoms with Crippen LogP contribution in [0.3, 0.4) is 0 Å². The third-order valence-corrected chi connectivity index (χ3v) is 3.98. The fourth-order valence-electron chi connectivity index (χ4n) is 1.97. The predicted molar refractivity (Wildman–Crippen MR) is 86.5 cm³/mol. The molecule has 2 aromatic carbocycles. The van der Waals surface area contributed by atoms with E-state index in [-0.39, 0.29) is 5.12 Å². The summed E-state index contributed by atoms with van der Waals surface area (Å²) in [7, 11) is 1.63. The van der Waals surface area contributed by atoms with Crippen molar-refractivity contribution < 1.29 is 9.53 Å². The number of aliphatic imine (C=N–C) groups is 1. The van der Waals surface area contributed by atoms with Crippen molar-refractivity contribution in [2.75, 3.05) is 7.11 Å². The van der Waals surface area contributed by atoms with Crippen molar-refractivity contribution in [3.63, 3.8) is 0 Å². The van der Waals surface area contributed by atoms with Crippen molar-refractivity contribution in [2.24, 2.45) is 4.99 Å². The van der Waals surface area contributed by atoms with Crippen LogP contribution < -0.4 is 4.74 Å². The summed E-state index contributed by atoms with van der Waals surface area (Å²) >= 11 is 1.17. The van der Waals surface area contributed by atoms with Gasteiger partial charge in [-0.15, -0.1) is 0 Å². The smallest absolute Gasteiger partial charge is 0.244 e. The van der Waals surface area contributed by atoms with E-state index in [1.165, 1.54) is 11.8 Å². The quantitative estimate of drug-likeness (QED) is 0.809. The van der Waals surface area contributed by atoms with Gasteiger partial charge in [-0.05, 0) is 35.5 Å². The van der Waals surface area contributed by atoms with Crippen molar-refractivity contribution in [1.82, 2.24) is 0 Å². The fourth-order valence-corrected chi connectivity index (χ4v) is 2.75. The van der Waals surface area contributed by atoms with E-state index in [4.69, 9.17) is 4.74 Å². The number of methoxy groups -OCH3 is 1. The second-order valence-electron chi connectivity index (χ2n) is 4.48. The van der Waals surface area contributed by atoms with E-state index < -0.39 is 0 Å². The Bertz CT molecular complexity index is 718. The summed E-state index contributed by atoms with van der Waals surface area (Å²) in [6.07, 6.45) is 1.80. The molecule has 1 aliphatic heterocycles. The van der Waals surface area contributed by atoms with Gasteiger partial charge >= 0.3 is 0 Å². The topological polar surface area (TPSA) is 38.7 Å². The number of hydrogen-bond donors (Lipinski definition) is 0. The molecule has 1 heterocycles. The number of hydrogen-bond acceptors (Lipinski definition) is 4. The Morgan fingerprint density at radius 2 is 1.76 bits per heavy atom. The first-order chi connectivity index (χ1) is 10.3. The molecule has 0 unspecified atom stereocenters. The van der Waals surface area contributed by atoms with Gasteiger partial charge < -0.3 is 4.74 Å². The van der Waals surface area contributed by atoms with Gasteiger partial charge in [-0.2, -0.15) is 0 Å². The summed E-state index contributed by atoms with van der Waals surface area (Å²) < 4.78 is 5.12. The number of benzene rings is 2. The molecule has 0 N–H and O–H groups in total. The molecule has 0 spiro atoms. The van der Waals surface area contributed by atoms with Gasteiger partial charge in [0.05, 0.1) is 7.11 Å². The van der Waals surface area contributed by atoms with E-state index in [9.17, 15) is 4.79 Å². The third kappa shape index (κ3) is 3.06. The molecule has 0 atom stereocenters. The van der Waals surface area contributed by atoms with Crippen LogP contribution in [0.2, 0.25) is 0 Å². The van der Waals surface area contributed by atoms with Crippen LogP contribution in [-0.2, 0) is 4.79 Å². The highest BCUT2D eigenvalue weighted by Crippen LogP contribution is 2.29. The lowest BCUT2D eigenvalue weighted by atomic mass is 10.2. The van der Waals surface area contributed by atoms with Gasteiger partial charge in [0.2, 0.25) is 5.12 Å². The minimum atomic E-state index is -0.0235. The van der Waals surface area contributed by atoms with Crippen LogP contribution in [0.5, 0.6) is 5.75 Å². The molecule has 1 aliphatic rings. The average molecular weight is 295 g/mol. The molecule has 0 aliphatic carbocycles. The van der Waals surface area contributed by atoms with Crippen molar-refractivity contribution >= 4 is 28.0 Å². The van der Waals surface area contributed by atoms with Crippen molar-refractivity contribution in [3.05, 3.63) is 71.4 Å². The van der Waals surface area contributed by atoms with Crippen LogP contribution in [-0.4, -0.2) is 17.3 Å². The van der Waals surface area contributed by atoms with Gasteiger partial charge in [0.25, 0.3) is 0 Å². The summed E-state index contributed by atoms with van der Waals surface area (Å²) in [6.45, 7) is 0. The lowest BCUT2D eigenvalue weighted by Crippen LogP contribution is -1.91. The first-order valence-electron chi connectivity index (χ1n) is 6.48. The van der Waals surface area contributed by atoms with E-state index in [1.54, 1.807) is 13.2 Å². The Balaban J connectivity index is 1.89. The zero-order chi connectivity index (χ0) is 14.7. The van der Waals surface area contributed by atoms with Crippen LogP contribution in [0.4, 0.5) is 0 Å². The van der Waals surface area contributed by atoms with E-state index in [0.29, 0.717) is 5.70 Å². The zero-order valence-electron chi connectivity index (χ0n) is 11.4. The van der Waals surface area contributed by atoms with E-state index in [1.807, 2.05) is 54.6 Å². The predicted octanol–water partition coefficient (Wildman–Crippen LogP) is 3.76. The molecule has 0 fully saturated rings. The summed E-state index contributed by atoms with van der Waals surface area (Å²) in [6, 6.07) is 17.3. The molecule has 4 heteroatoms. The van der Waals surface area contributed by atoms with Gasteiger partial charge in [-0.3, -0.25) is 4.79 Å². The standard InChI is InChI=1S/C17H13NO2S/c1-20-14-9-7-12(8-10-14)11-15-17(19)21-16(18-15)13-5-3-2-4-6-13/h2-11H,1H3/b15-11-. The normalized spacial score (nSPS) is 16.1. The number of carbonyl (C=O) groups is 1. The first kappa shape index (κ1) is 13.6. The number of ether oxygens (including phenoxy) is 1. The first-order valence-corrected chi connectivity index (χ1v) is 7.30. The van der Waals surface area contributed by atoms with Crippen LogP contribution in [0.15, 0.2) is 65.3 Å². The maximum atomic E-state index is 12.0. The summed E-state index contributed by atoms with van der Waals surface area (Å²) in [5, 5.41) is 0.727. The van der Waals surface area contributed by atoms with Crippen LogP contribution in [0, 0.1) is 0 Å². The van der Waals surface area contributed by atoms with E-state index in [2.05, 4.69) is 4.99 Å². The second kappa shape index (κ2) is 5.97. The van der Waals surface area contributed by atoms with Gasteiger partial charge in [-0.25, -0.2) is 4.99 Å². The molecule has 0 radical (unpaired) electrons. The van der Waals surface area contributed by atoms with E-state index in [0.717, 1.165) is 21.9 Å². The number of rotatable bonds is 3. The SMILES string of the molecule is COc1ccc(/C=C2\N=C(c3ccccc3)SC2=O)cc1. The number of carbonyl (C=O) groups excluding carboxylic acids is 1. The Labute approximate surface area is 127 Å². The highest BCUT2D eigenvalue weighted by molar-refractivity contribution is 8.27. The maximum absolute atomic E-state index is 12.0. The molecule has 3 rings (SSSR count). The third-order valence-electron chi connectivity index (χ3n) is 3.06. The fraction of sp³-hybridized carbons (Fsp3) is 0.0588. The Kier molecular flexibility index (Phi) is 3.88. The van der Waals surface area contributed by atoms with Crippen LogP contribution in [0.1, 0.15) is 11.1 Å². The second-order valence-corrected chi connectivity index (χ2v) is 5.44. The van der Waals surface area contributed by atoms with Crippen molar-refractivity contribution in [3.8, 4) is 5.75 Å². The van der Waals surface area contributed by atoms with Crippen molar-refractivity contribution in [1.29, 1.82) is 0 Å². The maximum Gasteiger partial charge on any atom is 0.244 e. The largest absolute Gasteiger partial charge is 0.497 e. The van der Waals surface area contributed by atoms with Crippen LogP contribution in [0.25, 0.3) is 6.08 Å². The van der Waals surface area contributed by atoms with Gasteiger partial charge in [0, 0.05) is 5.56 Å². The molecular weight excluding hydrogens is 282 g/mol. The Morgan fingerprint density at radius 3 is 2.43 bits per heavy atom. The Hall–Kier alpha value is -2.33. The molecule has 3 nitrogen and oxygen atoms in total. The molecule has 0 saturated carbocycles. The lowest BCUT2D eigenvalue weighted by molar-refractivity contribution is -0.107. The number of nitrogens with zero attached hydrogens (tertiary/aromatic N) is 1. The molecule has 104 valence electrons. The molecule has 21 heavy (non-hydrogen) atoms. The molecular formula is C17H13NO2S. The average Bonchev–Trinajstić information content (AvgIpc) is 2.90. The highest BCUT2D eigenvalue weighted by atomic mass is 32.2. The van der Waals surface area contributed by atoms with Crippen molar-refractivity contribution in [2.45, 2.75) is 0 Å². The zero-order valence-corrected chi connectivity index (χ0v) is 12.3. The molecule has 0 aromatic heterocycles. The molecule has 2 aromatic rings. The van der Waals surface area contributed by atoms with Gasteiger partial charge in [0.15, 0.2) is 0 Å².